The maximum Gasteiger partial charge on any atom is 0.142 e. The fraction of sp³-hybridized carbons (Fsp3) is 0.238. The standard InChI is InChI=1S/C21H24O6/c1-21(27,19(25)17(23)13-15-10-6-3-7-11-15)20(26)18(24)16(22)12-14-8-4-2-5-9-14/h2-13,18-20,22-27H,1H3/t18-,19+,20+,21+/m0/s1. The van der Waals surface area contributed by atoms with Gasteiger partial charge in [0, 0.05) is 0 Å². The third-order valence-corrected chi connectivity index (χ3v) is 4.26. The number of benzene rings is 2. The Balaban J connectivity index is 2.18. The topological polar surface area (TPSA) is 121 Å². The minimum atomic E-state index is -2.34. The van der Waals surface area contributed by atoms with Crippen molar-refractivity contribution in [1.82, 2.24) is 0 Å². The molecule has 0 aliphatic rings. The van der Waals surface area contributed by atoms with Gasteiger partial charge in [-0.25, -0.2) is 0 Å². The van der Waals surface area contributed by atoms with Gasteiger partial charge in [0.15, 0.2) is 0 Å². The molecule has 27 heavy (non-hydrogen) atoms. The summed E-state index contributed by atoms with van der Waals surface area (Å²) in [6.07, 6.45) is -3.28. The number of aliphatic hydroxyl groups excluding tert-OH is 5. The molecule has 2 aromatic rings. The van der Waals surface area contributed by atoms with E-state index in [0.717, 1.165) is 6.92 Å². The first kappa shape index (κ1) is 20.7. The largest absolute Gasteiger partial charge is 0.509 e. The smallest absolute Gasteiger partial charge is 0.142 e. The molecule has 0 saturated carbocycles. The molecule has 0 aromatic heterocycles. The number of hydrogen-bond donors (Lipinski definition) is 6. The van der Waals surface area contributed by atoms with E-state index in [4.69, 9.17) is 0 Å². The summed E-state index contributed by atoms with van der Waals surface area (Å²) in [7, 11) is 0. The van der Waals surface area contributed by atoms with Crippen molar-refractivity contribution in [1.29, 1.82) is 0 Å². The maximum absolute atomic E-state index is 10.5. The van der Waals surface area contributed by atoms with Crippen molar-refractivity contribution >= 4 is 12.2 Å². The first-order valence-electron chi connectivity index (χ1n) is 8.41. The molecule has 0 saturated heterocycles. The van der Waals surface area contributed by atoms with E-state index in [2.05, 4.69) is 0 Å². The van der Waals surface area contributed by atoms with Crippen molar-refractivity contribution in [3.8, 4) is 0 Å². The van der Waals surface area contributed by atoms with E-state index < -0.39 is 35.4 Å². The molecule has 0 aliphatic heterocycles. The molecule has 4 atom stereocenters. The van der Waals surface area contributed by atoms with Gasteiger partial charge in [-0.15, -0.1) is 0 Å². The summed E-state index contributed by atoms with van der Waals surface area (Å²) in [5.74, 6) is -1.18. The van der Waals surface area contributed by atoms with Crippen LogP contribution in [0.3, 0.4) is 0 Å². The molecule has 2 rings (SSSR count). The third kappa shape index (κ3) is 5.18. The van der Waals surface area contributed by atoms with E-state index in [-0.39, 0.29) is 0 Å². The van der Waals surface area contributed by atoms with Crippen LogP contribution in [0.5, 0.6) is 0 Å². The van der Waals surface area contributed by atoms with E-state index >= 15 is 0 Å². The Bertz CT molecular complexity index is 783. The van der Waals surface area contributed by atoms with Gasteiger partial charge in [-0.1, -0.05) is 60.7 Å². The van der Waals surface area contributed by atoms with Gasteiger partial charge in [0.1, 0.15) is 35.4 Å². The van der Waals surface area contributed by atoms with Gasteiger partial charge < -0.3 is 30.6 Å². The molecule has 0 fully saturated rings. The predicted molar refractivity (Wildman–Crippen MR) is 103 cm³/mol. The fourth-order valence-corrected chi connectivity index (χ4v) is 2.55. The molecule has 0 amide bonds. The molecule has 0 radical (unpaired) electrons. The summed E-state index contributed by atoms with van der Waals surface area (Å²) in [5.41, 5.74) is -1.19. The first-order chi connectivity index (χ1) is 12.7. The number of hydrogen-bond acceptors (Lipinski definition) is 6. The fourth-order valence-electron chi connectivity index (χ4n) is 2.55. The van der Waals surface area contributed by atoms with Crippen LogP contribution in [0.15, 0.2) is 72.2 Å². The summed E-state index contributed by atoms with van der Waals surface area (Å²) in [4.78, 5) is 0. The van der Waals surface area contributed by atoms with Crippen LogP contribution in [0.2, 0.25) is 0 Å². The highest BCUT2D eigenvalue weighted by atomic mass is 16.4. The summed E-state index contributed by atoms with van der Waals surface area (Å²) < 4.78 is 0. The van der Waals surface area contributed by atoms with Crippen LogP contribution >= 0.6 is 0 Å². The SMILES string of the molecule is C[C@@](O)([C@H](O)C(O)=Cc1ccccc1)[C@H](O)[C@@H](O)C(O)=Cc1ccccc1. The Morgan fingerprint density at radius 2 is 1.19 bits per heavy atom. The van der Waals surface area contributed by atoms with Crippen LogP contribution in [0.25, 0.3) is 12.2 Å². The summed E-state index contributed by atoms with van der Waals surface area (Å²) in [6, 6.07) is 17.2. The van der Waals surface area contributed by atoms with Crippen molar-refractivity contribution in [2.75, 3.05) is 0 Å². The Morgan fingerprint density at radius 1 is 0.778 bits per heavy atom. The van der Waals surface area contributed by atoms with Crippen molar-refractivity contribution in [3.05, 3.63) is 83.3 Å². The Morgan fingerprint density at radius 3 is 1.63 bits per heavy atom. The second-order valence-corrected chi connectivity index (χ2v) is 6.48. The summed E-state index contributed by atoms with van der Waals surface area (Å²) in [5, 5.41) is 61.3. The average Bonchev–Trinajstić information content (AvgIpc) is 2.67. The lowest BCUT2D eigenvalue weighted by atomic mass is 9.86. The van der Waals surface area contributed by atoms with E-state index in [1.165, 1.54) is 12.2 Å². The van der Waals surface area contributed by atoms with Crippen molar-refractivity contribution in [2.24, 2.45) is 0 Å². The van der Waals surface area contributed by atoms with Crippen LogP contribution in [0.1, 0.15) is 18.1 Å². The normalized spacial score (nSPS) is 18.4. The molecule has 144 valence electrons. The van der Waals surface area contributed by atoms with Gasteiger partial charge in [0.25, 0.3) is 0 Å². The van der Waals surface area contributed by atoms with Crippen LogP contribution in [-0.2, 0) is 0 Å². The van der Waals surface area contributed by atoms with Gasteiger partial charge in [-0.3, -0.25) is 0 Å². The molecule has 2 aromatic carbocycles. The molecule has 0 heterocycles. The Kier molecular flexibility index (Phi) is 6.76. The van der Waals surface area contributed by atoms with Crippen molar-refractivity contribution in [2.45, 2.75) is 30.8 Å². The summed E-state index contributed by atoms with van der Waals surface area (Å²) >= 11 is 0. The Hall–Kier alpha value is -2.64. The zero-order valence-electron chi connectivity index (χ0n) is 14.8. The highest BCUT2D eigenvalue weighted by molar-refractivity contribution is 5.53. The molecule has 0 spiro atoms. The van der Waals surface area contributed by atoms with E-state index in [1.807, 2.05) is 0 Å². The monoisotopic (exact) mass is 372 g/mol. The van der Waals surface area contributed by atoms with E-state index in [9.17, 15) is 30.6 Å². The predicted octanol–water partition coefficient (Wildman–Crippen LogP) is 2.02. The van der Waals surface area contributed by atoms with Crippen molar-refractivity contribution < 1.29 is 30.6 Å². The number of rotatable bonds is 7. The van der Waals surface area contributed by atoms with Crippen molar-refractivity contribution in [3.63, 3.8) is 0 Å². The van der Waals surface area contributed by atoms with Gasteiger partial charge in [0.05, 0.1) is 0 Å². The lowest BCUT2D eigenvalue weighted by molar-refractivity contribution is -0.161. The molecule has 0 unspecified atom stereocenters. The van der Waals surface area contributed by atoms with Crippen LogP contribution in [0, 0.1) is 0 Å². The molecule has 0 bridgehead atoms. The second kappa shape index (κ2) is 8.83. The highest BCUT2D eigenvalue weighted by Crippen LogP contribution is 2.26. The van der Waals surface area contributed by atoms with Crippen LogP contribution < -0.4 is 0 Å². The van der Waals surface area contributed by atoms with Gasteiger partial charge in [-0.2, -0.15) is 0 Å². The van der Waals surface area contributed by atoms with Gasteiger partial charge >= 0.3 is 0 Å². The third-order valence-electron chi connectivity index (χ3n) is 4.26. The minimum Gasteiger partial charge on any atom is -0.509 e. The van der Waals surface area contributed by atoms with E-state index in [0.29, 0.717) is 11.1 Å². The Labute approximate surface area is 157 Å². The highest BCUT2D eigenvalue weighted by Gasteiger charge is 2.44. The molecule has 6 nitrogen and oxygen atoms in total. The molecule has 6 N–H and O–H groups in total. The zero-order valence-corrected chi connectivity index (χ0v) is 14.8. The van der Waals surface area contributed by atoms with Gasteiger partial charge in [0.2, 0.25) is 0 Å². The molecular weight excluding hydrogens is 348 g/mol. The van der Waals surface area contributed by atoms with Gasteiger partial charge in [-0.05, 0) is 30.2 Å². The number of aliphatic hydroxyl groups is 6. The van der Waals surface area contributed by atoms with Crippen LogP contribution in [0.4, 0.5) is 0 Å². The maximum atomic E-state index is 10.5. The molecular formula is C21H24O6. The zero-order chi connectivity index (χ0) is 20.0. The molecule has 6 heteroatoms. The quantitative estimate of drug-likeness (QED) is 0.414. The van der Waals surface area contributed by atoms with E-state index in [1.54, 1.807) is 60.7 Å². The lowest BCUT2D eigenvalue weighted by Gasteiger charge is -2.35. The minimum absolute atomic E-state index is 0.576. The lowest BCUT2D eigenvalue weighted by Crippen LogP contribution is -2.55. The van der Waals surface area contributed by atoms with Crippen LogP contribution in [-0.4, -0.2) is 54.6 Å². The average molecular weight is 372 g/mol. The summed E-state index contributed by atoms with van der Waals surface area (Å²) in [6.45, 7) is 1.05. The second-order valence-electron chi connectivity index (χ2n) is 6.48. The first-order valence-corrected chi connectivity index (χ1v) is 8.41. The molecule has 0 aliphatic carbocycles.